The van der Waals surface area contributed by atoms with Gasteiger partial charge in [-0.1, -0.05) is 6.07 Å². The van der Waals surface area contributed by atoms with E-state index in [0.29, 0.717) is 18.8 Å². The fourth-order valence-electron chi connectivity index (χ4n) is 1.49. The predicted molar refractivity (Wildman–Crippen MR) is 64.0 cm³/mol. The van der Waals surface area contributed by atoms with E-state index >= 15 is 0 Å². The zero-order valence-corrected chi connectivity index (χ0v) is 9.98. The molecule has 0 aliphatic carbocycles. The number of ether oxygens (including phenoxy) is 1. The summed E-state index contributed by atoms with van der Waals surface area (Å²) in [5, 5.41) is 11.7. The van der Waals surface area contributed by atoms with E-state index in [1.54, 1.807) is 13.3 Å². The van der Waals surface area contributed by atoms with Gasteiger partial charge in [-0.2, -0.15) is 0 Å². The van der Waals surface area contributed by atoms with Crippen LogP contribution in [0.4, 0.5) is 0 Å². The standard InChI is InChI=1S/C12H18N2O3/c1-17-12-10(5-4-8-14-12)9-13-7-3-2-6-11(15)16/h4-5,8,13H,2-3,6-7,9H2,1H3,(H,15,16). The minimum atomic E-state index is -0.737. The van der Waals surface area contributed by atoms with Gasteiger partial charge >= 0.3 is 5.97 Å². The number of rotatable bonds is 8. The van der Waals surface area contributed by atoms with Crippen molar-refractivity contribution in [2.24, 2.45) is 0 Å². The van der Waals surface area contributed by atoms with Gasteiger partial charge in [-0.25, -0.2) is 4.98 Å². The summed E-state index contributed by atoms with van der Waals surface area (Å²) in [6.45, 7) is 1.48. The number of aliphatic carboxylic acids is 1. The maximum atomic E-state index is 10.3. The molecule has 0 aliphatic rings. The van der Waals surface area contributed by atoms with Gasteiger partial charge in [-0.15, -0.1) is 0 Å². The summed E-state index contributed by atoms with van der Waals surface area (Å²) >= 11 is 0. The van der Waals surface area contributed by atoms with Gasteiger partial charge in [0.05, 0.1) is 7.11 Å². The molecule has 0 aliphatic heterocycles. The summed E-state index contributed by atoms with van der Waals surface area (Å²) in [5.41, 5.74) is 1.01. The molecule has 1 aromatic rings. The van der Waals surface area contributed by atoms with E-state index in [1.807, 2.05) is 12.1 Å². The normalized spacial score (nSPS) is 10.2. The van der Waals surface area contributed by atoms with E-state index < -0.39 is 5.97 Å². The second kappa shape index (κ2) is 7.62. The van der Waals surface area contributed by atoms with Crippen LogP contribution in [-0.2, 0) is 11.3 Å². The van der Waals surface area contributed by atoms with Gasteiger partial charge in [0.15, 0.2) is 0 Å². The van der Waals surface area contributed by atoms with Crippen molar-refractivity contribution in [2.75, 3.05) is 13.7 Å². The van der Waals surface area contributed by atoms with Gasteiger partial charge in [-0.05, 0) is 25.5 Å². The Morgan fingerprint density at radius 3 is 3.06 bits per heavy atom. The van der Waals surface area contributed by atoms with Crippen LogP contribution in [0.3, 0.4) is 0 Å². The van der Waals surface area contributed by atoms with Crippen molar-refractivity contribution in [3.05, 3.63) is 23.9 Å². The van der Waals surface area contributed by atoms with E-state index in [1.165, 1.54) is 0 Å². The lowest BCUT2D eigenvalue weighted by Gasteiger charge is -2.07. The monoisotopic (exact) mass is 238 g/mol. The first-order chi connectivity index (χ1) is 8.24. The third kappa shape index (κ3) is 5.31. The highest BCUT2D eigenvalue weighted by atomic mass is 16.5. The number of carboxylic acid groups (broad SMARTS) is 1. The Morgan fingerprint density at radius 1 is 1.53 bits per heavy atom. The Balaban J connectivity index is 2.19. The van der Waals surface area contributed by atoms with Crippen LogP contribution in [0.5, 0.6) is 5.88 Å². The highest BCUT2D eigenvalue weighted by Crippen LogP contribution is 2.12. The number of carboxylic acids is 1. The van der Waals surface area contributed by atoms with Crippen LogP contribution in [0.15, 0.2) is 18.3 Å². The lowest BCUT2D eigenvalue weighted by molar-refractivity contribution is -0.137. The molecule has 17 heavy (non-hydrogen) atoms. The summed E-state index contributed by atoms with van der Waals surface area (Å²) in [6.07, 6.45) is 3.48. The number of methoxy groups -OCH3 is 1. The molecule has 0 atom stereocenters. The minimum absolute atomic E-state index is 0.234. The Morgan fingerprint density at radius 2 is 2.35 bits per heavy atom. The van der Waals surface area contributed by atoms with E-state index in [-0.39, 0.29) is 6.42 Å². The third-order valence-electron chi connectivity index (χ3n) is 2.35. The van der Waals surface area contributed by atoms with Gasteiger partial charge in [0.1, 0.15) is 0 Å². The van der Waals surface area contributed by atoms with Crippen LogP contribution < -0.4 is 10.1 Å². The maximum Gasteiger partial charge on any atom is 0.303 e. The second-order valence-electron chi connectivity index (χ2n) is 3.70. The number of nitrogens with one attached hydrogen (secondary N) is 1. The van der Waals surface area contributed by atoms with Gasteiger partial charge in [0.25, 0.3) is 0 Å². The molecule has 1 rings (SSSR count). The molecule has 5 nitrogen and oxygen atoms in total. The second-order valence-corrected chi connectivity index (χ2v) is 3.70. The highest BCUT2D eigenvalue weighted by molar-refractivity contribution is 5.66. The number of pyridine rings is 1. The van der Waals surface area contributed by atoms with Crippen molar-refractivity contribution < 1.29 is 14.6 Å². The summed E-state index contributed by atoms with van der Waals surface area (Å²) in [5.74, 6) is -0.107. The molecule has 1 heterocycles. The van der Waals surface area contributed by atoms with E-state index in [2.05, 4.69) is 10.3 Å². The largest absolute Gasteiger partial charge is 0.481 e. The van der Waals surface area contributed by atoms with Crippen LogP contribution >= 0.6 is 0 Å². The zero-order valence-electron chi connectivity index (χ0n) is 9.98. The molecular weight excluding hydrogens is 220 g/mol. The van der Waals surface area contributed by atoms with Crippen molar-refractivity contribution in [3.63, 3.8) is 0 Å². The smallest absolute Gasteiger partial charge is 0.303 e. The molecule has 2 N–H and O–H groups in total. The lowest BCUT2D eigenvalue weighted by atomic mass is 10.2. The Kier molecular flexibility index (Phi) is 6.03. The van der Waals surface area contributed by atoms with E-state index in [9.17, 15) is 4.79 Å². The van der Waals surface area contributed by atoms with Gasteiger partial charge in [-0.3, -0.25) is 4.79 Å². The number of aromatic nitrogens is 1. The first kappa shape index (κ1) is 13.4. The Hall–Kier alpha value is -1.62. The first-order valence-electron chi connectivity index (χ1n) is 5.64. The quantitative estimate of drug-likeness (QED) is 0.670. The van der Waals surface area contributed by atoms with Crippen molar-refractivity contribution >= 4 is 5.97 Å². The van der Waals surface area contributed by atoms with Gasteiger partial charge in [0.2, 0.25) is 5.88 Å². The third-order valence-corrected chi connectivity index (χ3v) is 2.35. The molecule has 94 valence electrons. The first-order valence-corrected chi connectivity index (χ1v) is 5.64. The number of unbranched alkanes of at least 4 members (excludes halogenated alkanes) is 1. The molecular formula is C12H18N2O3. The van der Waals surface area contributed by atoms with Crippen molar-refractivity contribution in [1.82, 2.24) is 10.3 Å². The number of hydrogen-bond donors (Lipinski definition) is 2. The summed E-state index contributed by atoms with van der Waals surface area (Å²) in [7, 11) is 1.60. The van der Waals surface area contributed by atoms with Crippen LogP contribution in [0.2, 0.25) is 0 Å². The fraction of sp³-hybridized carbons (Fsp3) is 0.500. The number of hydrogen-bond acceptors (Lipinski definition) is 4. The predicted octanol–water partition coefficient (Wildman–Crippen LogP) is 1.43. The molecule has 0 spiro atoms. The topological polar surface area (TPSA) is 71.5 Å². The van der Waals surface area contributed by atoms with Crippen molar-refractivity contribution in [2.45, 2.75) is 25.8 Å². The van der Waals surface area contributed by atoms with E-state index in [0.717, 1.165) is 18.5 Å². The molecule has 0 saturated heterocycles. The average molecular weight is 238 g/mol. The SMILES string of the molecule is COc1ncccc1CNCCCCC(=O)O. The minimum Gasteiger partial charge on any atom is -0.481 e. The maximum absolute atomic E-state index is 10.3. The van der Waals surface area contributed by atoms with Crippen LogP contribution in [0, 0.1) is 0 Å². The lowest BCUT2D eigenvalue weighted by Crippen LogP contribution is -2.15. The Bertz CT molecular complexity index is 355. The van der Waals surface area contributed by atoms with Crippen LogP contribution in [0.25, 0.3) is 0 Å². The highest BCUT2D eigenvalue weighted by Gasteiger charge is 2.02. The Labute approximate surface area is 101 Å². The molecule has 0 radical (unpaired) electrons. The van der Waals surface area contributed by atoms with E-state index in [4.69, 9.17) is 9.84 Å². The molecule has 0 unspecified atom stereocenters. The summed E-state index contributed by atoms with van der Waals surface area (Å²) in [6, 6.07) is 3.82. The van der Waals surface area contributed by atoms with Gasteiger partial charge in [0, 0.05) is 24.7 Å². The molecule has 0 saturated carbocycles. The molecule has 1 aromatic heterocycles. The molecule has 0 fully saturated rings. The zero-order chi connectivity index (χ0) is 12.5. The van der Waals surface area contributed by atoms with Crippen molar-refractivity contribution in [1.29, 1.82) is 0 Å². The van der Waals surface area contributed by atoms with Crippen LogP contribution in [-0.4, -0.2) is 29.7 Å². The van der Waals surface area contributed by atoms with Crippen molar-refractivity contribution in [3.8, 4) is 5.88 Å². The van der Waals surface area contributed by atoms with Gasteiger partial charge < -0.3 is 15.2 Å². The molecule has 0 bridgehead atoms. The molecule has 5 heteroatoms. The average Bonchev–Trinajstić information content (AvgIpc) is 2.33. The number of nitrogens with zero attached hydrogens (tertiary/aromatic N) is 1. The van der Waals surface area contributed by atoms with Crippen LogP contribution in [0.1, 0.15) is 24.8 Å². The molecule has 0 amide bonds. The summed E-state index contributed by atoms with van der Waals surface area (Å²) in [4.78, 5) is 14.4. The molecule has 0 aromatic carbocycles. The number of carbonyl (C=O) groups is 1. The fourth-order valence-corrected chi connectivity index (χ4v) is 1.49. The summed E-state index contributed by atoms with van der Waals surface area (Å²) < 4.78 is 5.13.